The summed E-state index contributed by atoms with van der Waals surface area (Å²) < 4.78 is 5.15. The molecule has 2 rings (SSSR count). The highest BCUT2D eigenvalue weighted by Crippen LogP contribution is 2.24. The van der Waals surface area contributed by atoms with Crippen molar-refractivity contribution < 1.29 is 19.4 Å². The van der Waals surface area contributed by atoms with Gasteiger partial charge in [0.2, 0.25) is 5.91 Å². The van der Waals surface area contributed by atoms with E-state index in [-0.39, 0.29) is 6.54 Å². The average Bonchev–Trinajstić information content (AvgIpc) is 2.50. The number of hydrogen-bond acceptors (Lipinski definition) is 5. The molecule has 110 valence electrons. The standard InChI is InChI=1S/C14H15N3O4/c1-21-10-2-3-11-9(6-10)4-5-15-14(11)17-7-12(18)16-8-13(19)20/h2-6H,7-8H2,1H3,(H,15,17)(H,16,18)(H,19,20). The van der Waals surface area contributed by atoms with E-state index in [2.05, 4.69) is 15.6 Å². The number of aromatic nitrogens is 1. The topological polar surface area (TPSA) is 101 Å². The van der Waals surface area contributed by atoms with Crippen LogP contribution in [0, 0.1) is 0 Å². The van der Waals surface area contributed by atoms with E-state index in [9.17, 15) is 9.59 Å². The largest absolute Gasteiger partial charge is 0.497 e. The van der Waals surface area contributed by atoms with Crippen molar-refractivity contribution in [2.45, 2.75) is 0 Å². The monoisotopic (exact) mass is 289 g/mol. The maximum atomic E-state index is 11.5. The number of carbonyl (C=O) groups excluding carboxylic acids is 1. The molecule has 3 N–H and O–H groups in total. The summed E-state index contributed by atoms with van der Waals surface area (Å²) >= 11 is 0. The molecule has 2 aromatic rings. The van der Waals surface area contributed by atoms with E-state index < -0.39 is 18.4 Å². The molecule has 0 spiro atoms. The molecule has 1 amide bonds. The van der Waals surface area contributed by atoms with Crippen molar-refractivity contribution in [2.75, 3.05) is 25.5 Å². The van der Waals surface area contributed by atoms with Crippen LogP contribution >= 0.6 is 0 Å². The highest BCUT2D eigenvalue weighted by atomic mass is 16.5. The molecule has 0 fully saturated rings. The summed E-state index contributed by atoms with van der Waals surface area (Å²) in [5.41, 5.74) is 0. The van der Waals surface area contributed by atoms with E-state index in [1.54, 1.807) is 19.4 Å². The lowest BCUT2D eigenvalue weighted by Gasteiger charge is -2.09. The van der Waals surface area contributed by atoms with Gasteiger partial charge in [-0.3, -0.25) is 9.59 Å². The SMILES string of the molecule is COc1ccc2c(NCC(=O)NCC(=O)O)nccc2c1. The molecule has 0 unspecified atom stereocenters. The first-order chi connectivity index (χ1) is 10.1. The second kappa shape index (κ2) is 6.56. The van der Waals surface area contributed by atoms with Gasteiger partial charge in [0.25, 0.3) is 0 Å². The lowest BCUT2D eigenvalue weighted by molar-refractivity contribution is -0.137. The Bertz CT molecular complexity index is 672. The Morgan fingerprint density at radius 1 is 1.29 bits per heavy atom. The highest BCUT2D eigenvalue weighted by molar-refractivity contribution is 5.94. The molecular formula is C14H15N3O4. The first-order valence-corrected chi connectivity index (χ1v) is 6.25. The summed E-state index contributed by atoms with van der Waals surface area (Å²) in [5.74, 6) is -0.206. The molecular weight excluding hydrogens is 274 g/mol. The molecule has 7 heteroatoms. The van der Waals surface area contributed by atoms with Crippen LogP contribution in [0.4, 0.5) is 5.82 Å². The lowest BCUT2D eigenvalue weighted by atomic mass is 10.1. The summed E-state index contributed by atoms with van der Waals surface area (Å²) in [5, 5.41) is 15.4. The zero-order valence-corrected chi connectivity index (χ0v) is 11.4. The smallest absolute Gasteiger partial charge is 0.322 e. The quantitative estimate of drug-likeness (QED) is 0.729. The van der Waals surface area contributed by atoms with Gasteiger partial charge in [-0.1, -0.05) is 0 Å². The maximum absolute atomic E-state index is 11.5. The van der Waals surface area contributed by atoms with E-state index in [0.717, 1.165) is 16.5 Å². The van der Waals surface area contributed by atoms with E-state index >= 15 is 0 Å². The van der Waals surface area contributed by atoms with Crippen LogP contribution in [0.1, 0.15) is 0 Å². The number of benzene rings is 1. The van der Waals surface area contributed by atoms with Gasteiger partial charge in [-0.15, -0.1) is 0 Å². The van der Waals surface area contributed by atoms with E-state index in [1.165, 1.54) is 0 Å². The molecule has 7 nitrogen and oxygen atoms in total. The average molecular weight is 289 g/mol. The molecule has 1 aromatic carbocycles. The fourth-order valence-electron chi connectivity index (χ4n) is 1.82. The number of carboxylic acids is 1. The maximum Gasteiger partial charge on any atom is 0.322 e. The number of aliphatic carboxylic acids is 1. The van der Waals surface area contributed by atoms with Crippen molar-refractivity contribution in [3.8, 4) is 5.75 Å². The van der Waals surface area contributed by atoms with Crippen molar-refractivity contribution in [1.29, 1.82) is 0 Å². The molecule has 0 saturated carbocycles. The number of nitrogens with one attached hydrogen (secondary N) is 2. The minimum absolute atomic E-state index is 0.0502. The molecule has 0 aliphatic rings. The number of hydrogen-bond donors (Lipinski definition) is 3. The molecule has 0 saturated heterocycles. The Kier molecular flexibility index (Phi) is 4.55. The molecule has 0 bridgehead atoms. The van der Waals surface area contributed by atoms with Gasteiger partial charge in [0, 0.05) is 11.6 Å². The summed E-state index contributed by atoms with van der Waals surface area (Å²) in [6, 6.07) is 7.36. The van der Waals surface area contributed by atoms with Crippen LogP contribution in [0.5, 0.6) is 5.75 Å². The van der Waals surface area contributed by atoms with Crippen LogP contribution < -0.4 is 15.4 Å². The number of nitrogens with zero attached hydrogens (tertiary/aromatic N) is 1. The van der Waals surface area contributed by atoms with Crippen LogP contribution in [0.25, 0.3) is 10.8 Å². The fraction of sp³-hybridized carbons (Fsp3) is 0.214. The molecule has 0 radical (unpaired) electrons. The number of rotatable bonds is 6. The summed E-state index contributed by atoms with van der Waals surface area (Å²) in [7, 11) is 1.59. The van der Waals surface area contributed by atoms with Gasteiger partial charge in [-0.25, -0.2) is 4.98 Å². The van der Waals surface area contributed by atoms with Crippen LogP contribution in [-0.4, -0.2) is 42.2 Å². The van der Waals surface area contributed by atoms with Gasteiger partial charge >= 0.3 is 5.97 Å². The second-order valence-corrected chi connectivity index (χ2v) is 4.27. The second-order valence-electron chi connectivity index (χ2n) is 4.27. The lowest BCUT2D eigenvalue weighted by Crippen LogP contribution is -2.34. The van der Waals surface area contributed by atoms with Gasteiger partial charge in [0.15, 0.2) is 0 Å². The van der Waals surface area contributed by atoms with Gasteiger partial charge in [0.05, 0.1) is 13.7 Å². The number of methoxy groups -OCH3 is 1. The predicted molar refractivity (Wildman–Crippen MR) is 77.4 cm³/mol. The number of anilines is 1. The first kappa shape index (κ1) is 14.6. The van der Waals surface area contributed by atoms with Gasteiger partial charge in [0.1, 0.15) is 18.1 Å². The van der Waals surface area contributed by atoms with E-state index in [1.807, 2.05) is 18.2 Å². The Labute approximate surface area is 120 Å². The Morgan fingerprint density at radius 2 is 2.10 bits per heavy atom. The van der Waals surface area contributed by atoms with Crippen molar-refractivity contribution >= 4 is 28.5 Å². The van der Waals surface area contributed by atoms with Crippen LogP contribution in [0.3, 0.4) is 0 Å². The number of carbonyl (C=O) groups is 2. The van der Waals surface area contributed by atoms with Gasteiger partial charge in [-0.2, -0.15) is 0 Å². The number of amides is 1. The third-order valence-electron chi connectivity index (χ3n) is 2.82. The highest BCUT2D eigenvalue weighted by Gasteiger charge is 2.07. The number of fused-ring (bicyclic) bond motifs is 1. The van der Waals surface area contributed by atoms with E-state index in [4.69, 9.17) is 9.84 Å². The number of pyridine rings is 1. The number of ether oxygens (including phenoxy) is 1. The minimum Gasteiger partial charge on any atom is -0.497 e. The van der Waals surface area contributed by atoms with Crippen LogP contribution in [-0.2, 0) is 9.59 Å². The van der Waals surface area contributed by atoms with Crippen molar-refractivity contribution in [3.05, 3.63) is 30.5 Å². The zero-order valence-electron chi connectivity index (χ0n) is 11.4. The normalized spacial score (nSPS) is 10.1. The van der Waals surface area contributed by atoms with Crippen molar-refractivity contribution in [2.24, 2.45) is 0 Å². The number of carboxylic acid groups (broad SMARTS) is 1. The predicted octanol–water partition coefficient (Wildman–Crippen LogP) is 0.856. The van der Waals surface area contributed by atoms with Crippen LogP contribution in [0.2, 0.25) is 0 Å². The molecule has 21 heavy (non-hydrogen) atoms. The zero-order chi connectivity index (χ0) is 15.2. The van der Waals surface area contributed by atoms with Crippen LogP contribution in [0.15, 0.2) is 30.5 Å². The van der Waals surface area contributed by atoms with Gasteiger partial charge < -0.3 is 20.5 Å². The fourth-order valence-corrected chi connectivity index (χ4v) is 1.82. The summed E-state index contributed by atoms with van der Waals surface area (Å²) in [6.45, 7) is -0.452. The van der Waals surface area contributed by atoms with E-state index in [0.29, 0.717) is 5.82 Å². The molecule has 1 heterocycles. The summed E-state index contributed by atoms with van der Waals surface area (Å²) in [4.78, 5) is 26.0. The molecule has 0 aliphatic heterocycles. The van der Waals surface area contributed by atoms with Crippen molar-refractivity contribution in [3.63, 3.8) is 0 Å². The molecule has 1 aromatic heterocycles. The Hall–Kier alpha value is -2.83. The minimum atomic E-state index is -1.08. The Balaban J connectivity index is 2.08. The third-order valence-corrected chi connectivity index (χ3v) is 2.82. The van der Waals surface area contributed by atoms with Crippen molar-refractivity contribution in [1.82, 2.24) is 10.3 Å². The molecule has 0 atom stereocenters. The third kappa shape index (κ3) is 3.82. The first-order valence-electron chi connectivity index (χ1n) is 6.25. The molecule has 0 aliphatic carbocycles. The Morgan fingerprint density at radius 3 is 2.81 bits per heavy atom. The summed E-state index contributed by atoms with van der Waals surface area (Å²) in [6.07, 6.45) is 1.62. The van der Waals surface area contributed by atoms with Gasteiger partial charge in [-0.05, 0) is 29.7 Å².